The highest BCUT2D eigenvalue weighted by Crippen LogP contribution is 2.21. The molecule has 0 unspecified atom stereocenters. The molecular formula is C25H34N2O4. The predicted molar refractivity (Wildman–Crippen MR) is 122 cm³/mol. The molecule has 0 aliphatic heterocycles. The highest BCUT2D eigenvalue weighted by Gasteiger charge is 2.29. The lowest BCUT2D eigenvalue weighted by Crippen LogP contribution is -2.50. The fraction of sp³-hybridized carbons (Fsp3) is 0.440. The Kier molecular flexibility index (Phi) is 9.38. The van der Waals surface area contributed by atoms with E-state index in [1.54, 1.807) is 12.0 Å². The number of nitrogens with one attached hydrogen (secondary N) is 1. The number of carbonyl (C=O) groups is 2. The van der Waals surface area contributed by atoms with Crippen molar-refractivity contribution < 1.29 is 19.1 Å². The van der Waals surface area contributed by atoms with Crippen LogP contribution < -0.4 is 14.8 Å². The molecule has 6 heteroatoms. The number of aryl methyl sites for hydroxylation is 2. The van der Waals surface area contributed by atoms with Crippen molar-refractivity contribution in [2.45, 2.75) is 53.1 Å². The van der Waals surface area contributed by atoms with Crippen molar-refractivity contribution >= 4 is 11.8 Å². The number of carbonyl (C=O) groups excluding carboxylic acids is 2. The number of hydrogen-bond donors (Lipinski definition) is 1. The van der Waals surface area contributed by atoms with Gasteiger partial charge < -0.3 is 19.7 Å². The SMILES string of the molecule is CCCNC(=O)[C@H](CC)N(Cc1cccc(OC)c1)C(=O)COc1cc(C)ccc1C. The summed E-state index contributed by atoms with van der Waals surface area (Å²) in [6, 6.07) is 12.8. The van der Waals surface area contributed by atoms with Crippen LogP contribution in [0.3, 0.4) is 0 Å². The van der Waals surface area contributed by atoms with Gasteiger partial charge in [0, 0.05) is 13.1 Å². The van der Waals surface area contributed by atoms with E-state index in [0.29, 0.717) is 31.0 Å². The van der Waals surface area contributed by atoms with E-state index >= 15 is 0 Å². The number of methoxy groups -OCH3 is 1. The van der Waals surface area contributed by atoms with Crippen LogP contribution in [-0.4, -0.2) is 43.0 Å². The van der Waals surface area contributed by atoms with Crippen LogP contribution >= 0.6 is 0 Å². The molecule has 0 bridgehead atoms. The van der Waals surface area contributed by atoms with Gasteiger partial charge in [0.1, 0.15) is 17.5 Å². The normalized spacial score (nSPS) is 11.5. The Labute approximate surface area is 185 Å². The Morgan fingerprint density at radius 1 is 1.10 bits per heavy atom. The van der Waals surface area contributed by atoms with Crippen LogP contribution in [0.4, 0.5) is 0 Å². The third-order valence-electron chi connectivity index (χ3n) is 5.12. The standard InChI is InChI=1S/C25H34N2O4/c1-6-13-26-25(29)22(7-2)27(16-20-9-8-10-21(15-20)30-5)24(28)17-31-23-14-18(3)11-12-19(23)4/h8-12,14-15,22H,6-7,13,16-17H2,1-5H3,(H,26,29)/t22-/m0/s1. The fourth-order valence-corrected chi connectivity index (χ4v) is 3.34. The average molecular weight is 427 g/mol. The van der Waals surface area contributed by atoms with Gasteiger partial charge in [-0.25, -0.2) is 0 Å². The van der Waals surface area contributed by atoms with E-state index in [4.69, 9.17) is 9.47 Å². The molecule has 0 fully saturated rings. The predicted octanol–water partition coefficient (Wildman–Crippen LogP) is 4.02. The molecule has 2 amide bonds. The summed E-state index contributed by atoms with van der Waals surface area (Å²) < 4.78 is 11.2. The number of ether oxygens (including phenoxy) is 2. The summed E-state index contributed by atoms with van der Waals surface area (Å²) >= 11 is 0. The van der Waals surface area contributed by atoms with Crippen molar-refractivity contribution in [1.29, 1.82) is 0 Å². The lowest BCUT2D eigenvalue weighted by atomic mass is 10.1. The van der Waals surface area contributed by atoms with Crippen LogP contribution in [0, 0.1) is 13.8 Å². The van der Waals surface area contributed by atoms with E-state index in [2.05, 4.69) is 5.32 Å². The Balaban J connectivity index is 2.24. The molecule has 168 valence electrons. The lowest BCUT2D eigenvalue weighted by Gasteiger charge is -2.30. The van der Waals surface area contributed by atoms with Gasteiger partial charge in [-0.2, -0.15) is 0 Å². The molecule has 1 atom stereocenters. The minimum absolute atomic E-state index is 0.133. The van der Waals surface area contributed by atoms with Crippen molar-refractivity contribution in [3.05, 3.63) is 59.2 Å². The zero-order valence-electron chi connectivity index (χ0n) is 19.2. The van der Waals surface area contributed by atoms with Crippen molar-refractivity contribution in [3.63, 3.8) is 0 Å². The van der Waals surface area contributed by atoms with Gasteiger partial charge in [-0.3, -0.25) is 9.59 Å². The van der Waals surface area contributed by atoms with Crippen LogP contribution in [0.2, 0.25) is 0 Å². The number of amides is 2. The van der Waals surface area contributed by atoms with Gasteiger partial charge in [0.2, 0.25) is 5.91 Å². The van der Waals surface area contributed by atoms with Crippen molar-refractivity contribution in [1.82, 2.24) is 10.2 Å². The van der Waals surface area contributed by atoms with Crippen LogP contribution in [0.25, 0.3) is 0 Å². The quantitative estimate of drug-likeness (QED) is 0.589. The molecule has 0 aromatic heterocycles. The Bertz CT molecular complexity index is 882. The van der Waals surface area contributed by atoms with Gasteiger partial charge in [0.25, 0.3) is 5.91 Å². The van der Waals surface area contributed by atoms with E-state index in [9.17, 15) is 9.59 Å². The second-order valence-electron chi connectivity index (χ2n) is 7.65. The molecule has 0 radical (unpaired) electrons. The molecule has 6 nitrogen and oxygen atoms in total. The number of hydrogen-bond acceptors (Lipinski definition) is 4. The van der Waals surface area contributed by atoms with Crippen LogP contribution in [0.15, 0.2) is 42.5 Å². The fourth-order valence-electron chi connectivity index (χ4n) is 3.34. The van der Waals surface area contributed by atoms with E-state index in [0.717, 1.165) is 23.1 Å². The van der Waals surface area contributed by atoms with Gasteiger partial charge in [-0.15, -0.1) is 0 Å². The molecule has 0 aliphatic rings. The Hall–Kier alpha value is -3.02. The highest BCUT2D eigenvalue weighted by molar-refractivity contribution is 5.88. The summed E-state index contributed by atoms with van der Waals surface area (Å²) in [4.78, 5) is 27.6. The number of nitrogens with zero attached hydrogens (tertiary/aromatic N) is 1. The third kappa shape index (κ3) is 7.02. The van der Waals surface area contributed by atoms with Crippen molar-refractivity contribution in [3.8, 4) is 11.5 Å². The largest absolute Gasteiger partial charge is 0.497 e. The van der Waals surface area contributed by atoms with Gasteiger partial charge in [-0.1, -0.05) is 38.1 Å². The van der Waals surface area contributed by atoms with Crippen molar-refractivity contribution in [2.75, 3.05) is 20.3 Å². The van der Waals surface area contributed by atoms with Crippen LogP contribution in [0.1, 0.15) is 43.4 Å². The van der Waals surface area contributed by atoms with Gasteiger partial charge in [0.15, 0.2) is 6.61 Å². The molecule has 0 heterocycles. The lowest BCUT2D eigenvalue weighted by molar-refractivity contribution is -0.143. The van der Waals surface area contributed by atoms with Crippen LogP contribution in [-0.2, 0) is 16.1 Å². The van der Waals surface area contributed by atoms with Gasteiger partial charge in [0.05, 0.1) is 7.11 Å². The minimum atomic E-state index is -0.576. The van der Waals surface area contributed by atoms with E-state index in [1.165, 1.54) is 0 Å². The second kappa shape index (κ2) is 12.0. The van der Waals surface area contributed by atoms with E-state index in [1.807, 2.05) is 70.2 Å². The monoisotopic (exact) mass is 426 g/mol. The first-order valence-electron chi connectivity index (χ1n) is 10.8. The summed E-state index contributed by atoms with van der Waals surface area (Å²) in [6.07, 6.45) is 1.34. The molecule has 2 rings (SSSR count). The number of rotatable bonds is 11. The molecule has 2 aromatic rings. The van der Waals surface area contributed by atoms with Crippen molar-refractivity contribution in [2.24, 2.45) is 0 Å². The average Bonchev–Trinajstić information content (AvgIpc) is 2.77. The Morgan fingerprint density at radius 3 is 2.55 bits per heavy atom. The molecule has 2 aromatic carbocycles. The van der Waals surface area contributed by atoms with E-state index < -0.39 is 6.04 Å². The third-order valence-corrected chi connectivity index (χ3v) is 5.12. The summed E-state index contributed by atoms with van der Waals surface area (Å²) in [5, 5.41) is 2.92. The molecule has 0 saturated carbocycles. The summed E-state index contributed by atoms with van der Waals surface area (Å²) in [7, 11) is 1.60. The molecule has 31 heavy (non-hydrogen) atoms. The maximum Gasteiger partial charge on any atom is 0.261 e. The molecule has 0 aliphatic carbocycles. The topological polar surface area (TPSA) is 67.9 Å². The summed E-state index contributed by atoms with van der Waals surface area (Å²) in [5.41, 5.74) is 2.92. The Morgan fingerprint density at radius 2 is 1.87 bits per heavy atom. The zero-order valence-corrected chi connectivity index (χ0v) is 19.2. The smallest absolute Gasteiger partial charge is 0.261 e. The zero-order chi connectivity index (χ0) is 22.8. The molecule has 0 saturated heterocycles. The maximum atomic E-state index is 13.2. The van der Waals surface area contributed by atoms with E-state index in [-0.39, 0.29) is 18.4 Å². The summed E-state index contributed by atoms with van der Waals surface area (Å²) in [5.74, 6) is 1.01. The van der Waals surface area contributed by atoms with Gasteiger partial charge in [-0.05, 0) is 61.6 Å². The second-order valence-corrected chi connectivity index (χ2v) is 7.65. The number of benzene rings is 2. The maximum absolute atomic E-state index is 13.2. The first kappa shape index (κ1) is 24.3. The first-order chi connectivity index (χ1) is 14.9. The first-order valence-corrected chi connectivity index (χ1v) is 10.8. The van der Waals surface area contributed by atoms with Gasteiger partial charge >= 0.3 is 0 Å². The molecule has 0 spiro atoms. The van der Waals surface area contributed by atoms with Crippen LogP contribution in [0.5, 0.6) is 11.5 Å². The minimum Gasteiger partial charge on any atom is -0.497 e. The highest BCUT2D eigenvalue weighted by atomic mass is 16.5. The summed E-state index contributed by atoms with van der Waals surface area (Å²) in [6.45, 7) is 8.58. The molecule has 1 N–H and O–H groups in total. The molecular weight excluding hydrogens is 392 g/mol.